The van der Waals surface area contributed by atoms with E-state index in [0.29, 0.717) is 11.6 Å². The zero-order chi connectivity index (χ0) is 14.0. The fraction of sp³-hybridized carbons (Fsp3) is 0.812. The number of aryl methyl sites for hydroxylation is 1. The average molecular weight is 276 g/mol. The Kier molecular flexibility index (Phi) is 4.13. The third-order valence-electron chi connectivity index (χ3n) is 5.18. The highest BCUT2D eigenvalue weighted by Crippen LogP contribution is 2.45. The first kappa shape index (κ1) is 14.1. The Hall–Kier alpha value is -0.870. The quantitative estimate of drug-likeness (QED) is 0.897. The normalized spacial score (nSPS) is 24.3. The maximum Gasteiger partial charge on any atom is 0.0812 e. The van der Waals surface area contributed by atoms with Crippen molar-refractivity contribution in [3.63, 3.8) is 0 Å². The highest BCUT2D eigenvalue weighted by molar-refractivity contribution is 5.17. The van der Waals surface area contributed by atoms with Gasteiger partial charge in [-0.25, -0.2) is 0 Å². The van der Waals surface area contributed by atoms with E-state index in [9.17, 15) is 0 Å². The SMILES string of the molecule is CCNC(c1ccn(C)n1)C1(N2CCCC2)CCCC1. The molecule has 1 aromatic heterocycles. The molecule has 1 saturated heterocycles. The van der Waals surface area contributed by atoms with Crippen LogP contribution in [0.5, 0.6) is 0 Å². The van der Waals surface area contributed by atoms with Crippen LogP contribution >= 0.6 is 0 Å². The molecule has 0 radical (unpaired) electrons. The van der Waals surface area contributed by atoms with Gasteiger partial charge in [0, 0.05) is 18.8 Å². The maximum absolute atomic E-state index is 4.72. The molecule has 1 N–H and O–H groups in total. The fourth-order valence-electron chi connectivity index (χ4n) is 4.30. The summed E-state index contributed by atoms with van der Waals surface area (Å²) in [5.74, 6) is 0. The molecule has 20 heavy (non-hydrogen) atoms. The van der Waals surface area contributed by atoms with Crippen molar-refractivity contribution >= 4 is 0 Å². The molecule has 2 fully saturated rings. The van der Waals surface area contributed by atoms with Crippen LogP contribution in [0.3, 0.4) is 0 Å². The summed E-state index contributed by atoms with van der Waals surface area (Å²) in [4.78, 5) is 2.77. The summed E-state index contributed by atoms with van der Waals surface area (Å²) in [6.07, 6.45) is 10.2. The predicted octanol–water partition coefficient (Wildman–Crippen LogP) is 2.48. The van der Waals surface area contributed by atoms with Gasteiger partial charge in [-0.3, -0.25) is 9.58 Å². The Bertz CT molecular complexity index is 427. The molecule has 2 heterocycles. The van der Waals surface area contributed by atoms with Gasteiger partial charge in [0.05, 0.1) is 11.7 Å². The van der Waals surface area contributed by atoms with Crippen molar-refractivity contribution in [1.82, 2.24) is 20.0 Å². The van der Waals surface area contributed by atoms with Crippen molar-refractivity contribution in [2.45, 2.75) is 57.0 Å². The highest BCUT2D eigenvalue weighted by Gasteiger charge is 2.47. The third-order valence-corrected chi connectivity index (χ3v) is 5.18. The molecule has 0 spiro atoms. The molecule has 1 atom stereocenters. The predicted molar refractivity (Wildman–Crippen MR) is 81.6 cm³/mol. The number of likely N-dealkylation sites (tertiary alicyclic amines) is 1. The first-order valence-electron chi connectivity index (χ1n) is 8.24. The second kappa shape index (κ2) is 5.86. The monoisotopic (exact) mass is 276 g/mol. The molecule has 1 aliphatic heterocycles. The minimum atomic E-state index is 0.306. The van der Waals surface area contributed by atoms with Crippen LogP contribution < -0.4 is 5.32 Å². The van der Waals surface area contributed by atoms with Crippen LogP contribution in [-0.4, -0.2) is 39.9 Å². The standard InChI is InChI=1S/C16H28N4/c1-3-17-15(14-8-13-19(2)18-14)16(9-4-5-10-16)20-11-6-7-12-20/h8,13,15,17H,3-7,9-12H2,1-2H3. The van der Waals surface area contributed by atoms with E-state index in [4.69, 9.17) is 5.10 Å². The number of nitrogens with one attached hydrogen (secondary N) is 1. The van der Waals surface area contributed by atoms with Gasteiger partial charge in [0.1, 0.15) is 0 Å². The molecular formula is C16H28N4. The zero-order valence-electron chi connectivity index (χ0n) is 12.9. The first-order valence-corrected chi connectivity index (χ1v) is 8.24. The van der Waals surface area contributed by atoms with Crippen LogP contribution in [-0.2, 0) is 7.05 Å². The number of likely N-dealkylation sites (N-methyl/N-ethyl adjacent to an activating group) is 1. The fourth-order valence-corrected chi connectivity index (χ4v) is 4.30. The van der Waals surface area contributed by atoms with E-state index >= 15 is 0 Å². The molecule has 0 bridgehead atoms. The molecule has 112 valence electrons. The van der Waals surface area contributed by atoms with Crippen LogP contribution in [0.4, 0.5) is 0 Å². The Morgan fingerprint density at radius 3 is 2.50 bits per heavy atom. The molecule has 0 aromatic carbocycles. The van der Waals surface area contributed by atoms with Crippen molar-refractivity contribution in [1.29, 1.82) is 0 Å². The summed E-state index contributed by atoms with van der Waals surface area (Å²) in [6, 6.07) is 2.58. The molecule has 1 unspecified atom stereocenters. The van der Waals surface area contributed by atoms with E-state index in [2.05, 4.69) is 29.4 Å². The summed E-state index contributed by atoms with van der Waals surface area (Å²) in [5, 5.41) is 8.47. The summed E-state index contributed by atoms with van der Waals surface area (Å²) < 4.78 is 1.94. The van der Waals surface area contributed by atoms with Crippen LogP contribution in [0.2, 0.25) is 0 Å². The Balaban J connectivity index is 1.93. The van der Waals surface area contributed by atoms with Gasteiger partial charge in [0.2, 0.25) is 0 Å². The largest absolute Gasteiger partial charge is 0.307 e. The van der Waals surface area contributed by atoms with Gasteiger partial charge in [-0.05, 0) is 51.4 Å². The molecule has 4 nitrogen and oxygen atoms in total. The average Bonchev–Trinajstić information content (AvgIpc) is 3.17. The van der Waals surface area contributed by atoms with E-state index < -0.39 is 0 Å². The second-order valence-electron chi connectivity index (χ2n) is 6.41. The Morgan fingerprint density at radius 1 is 1.25 bits per heavy atom. The van der Waals surface area contributed by atoms with Crippen LogP contribution in [0.25, 0.3) is 0 Å². The lowest BCUT2D eigenvalue weighted by Gasteiger charge is -2.44. The number of nitrogens with zero attached hydrogens (tertiary/aromatic N) is 3. The second-order valence-corrected chi connectivity index (χ2v) is 6.41. The van der Waals surface area contributed by atoms with Gasteiger partial charge in [-0.1, -0.05) is 19.8 Å². The van der Waals surface area contributed by atoms with Crippen molar-refractivity contribution in [2.75, 3.05) is 19.6 Å². The van der Waals surface area contributed by atoms with E-state index in [1.54, 1.807) is 0 Å². The molecule has 4 heteroatoms. The lowest BCUT2D eigenvalue weighted by molar-refractivity contribution is 0.0751. The minimum Gasteiger partial charge on any atom is -0.307 e. The summed E-state index contributed by atoms with van der Waals surface area (Å²) in [6.45, 7) is 5.77. The van der Waals surface area contributed by atoms with Gasteiger partial charge in [-0.2, -0.15) is 5.10 Å². The summed E-state index contributed by atoms with van der Waals surface area (Å²) in [5.41, 5.74) is 1.53. The van der Waals surface area contributed by atoms with Crippen molar-refractivity contribution < 1.29 is 0 Å². The maximum atomic E-state index is 4.72. The molecule has 3 rings (SSSR count). The Labute approximate surface area is 122 Å². The smallest absolute Gasteiger partial charge is 0.0812 e. The molecule has 1 saturated carbocycles. The Morgan fingerprint density at radius 2 is 1.95 bits per heavy atom. The van der Waals surface area contributed by atoms with Crippen molar-refractivity contribution in [3.8, 4) is 0 Å². The highest BCUT2D eigenvalue weighted by atomic mass is 15.3. The summed E-state index contributed by atoms with van der Waals surface area (Å²) in [7, 11) is 2.02. The molecule has 1 aliphatic carbocycles. The number of hydrogen-bond donors (Lipinski definition) is 1. The van der Waals surface area contributed by atoms with Crippen LogP contribution in [0.15, 0.2) is 12.3 Å². The summed E-state index contributed by atoms with van der Waals surface area (Å²) >= 11 is 0. The van der Waals surface area contributed by atoms with Crippen molar-refractivity contribution in [2.24, 2.45) is 7.05 Å². The molecular weight excluding hydrogens is 248 g/mol. The van der Waals surface area contributed by atoms with Crippen LogP contribution in [0.1, 0.15) is 57.2 Å². The third kappa shape index (κ3) is 2.40. The topological polar surface area (TPSA) is 33.1 Å². The van der Waals surface area contributed by atoms with Crippen molar-refractivity contribution in [3.05, 3.63) is 18.0 Å². The first-order chi connectivity index (χ1) is 9.76. The number of aromatic nitrogens is 2. The number of hydrogen-bond acceptors (Lipinski definition) is 3. The van der Waals surface area contributed by atoms with E-state index in [1.807, 2.05) is 11.7 Å². The van der Waals surface area contributed by atoms with Gasteiger partial charge in [0.15, 0.2) is 0 Å². The van der Waals surface area contributed by atoms with E-state index in [0.717, 1.165) is 6.54 Å². The lowest BCUT2D eigenvalue weighted by atomic mass is 9.84. The zero-order valence-corrected chi connectivity index (χ0v) is 12.9. The van der Waals surface area contributed by atoms with Gasteiger partial charge >= 0.3 is 0 Å². The van der Waals surface area contributed by atoms with Gasteiger partial charge in [-0.15, -0.1) is 0 Å². The lowest BCUT2D eigenvalue weighted by Crippen LogP contribution is -2.54. The van der Waals surface area contributed by atoms with E-state index in [-0.39, 0.29) is 0 Å². The van der Waals surface area contributed by atoms with Gasteiger partial charge < -0.3 is 5.32 Å². The number of rotatable bonds is 5. The van der Waals surface area contributed by atoms with Gasteiger partial charge in [0.25, 0.3) is 0 Å². The molecule has 0 amide bonds. The molecule has 2 aliphatic rings. The molecule has 1 aromatic rings. The van der Waals surface area contributed by atoms with E-state index in [1.165, 1.54) is 57.3 Å². The van der Waals surface area contributed by atoms with Crippen LogP contribution in [0, 0.1) is 0 Å². The minimum absolute atomic E-state index is 0.306.